The standard InChI is InChI=1S/C7H12O3.C4H4O4/c1-4-6(8)10-7(9)5(2)3;5-3(6)1-2-4(7)8/h6,8H,2,4H2,1,3H3;1-2H,(H,5,6)(H,7,8)/b;2-1-. The Bertz CT molecular complexity index is 327. The Balaban J connectivity index is 0. The molecule has 0 amide bonds. The maximum atomic E-state index is 10.6. The lowest BCUT2D eigenvalue weighted by atomic mass is 10.3. The summed E-state index contributed by atoms with van der Waals surface area (Å²) >= 11 is 0. The van der Waals surface area contributed by atoms with Crippen molar-refractivity contribution in [2.45, 2.75) is 26.6 Å². The predicted molar refractivity (Wildman–Crippen MR) is 61.6 cm³/mol. The van der Waals surface area contributed by atoms with Crippen molar-refractivity contribution in [2.75, 3.05) is 0 Å². The summed E-state index contributed by atoms with van der Waals surface area (Å²) in [6, 6.07) is 0. The third-order valence-electron chi connectivity index (χ3n) is 1.31. The minimum atomic E-state index is -1.26. The highest BCUT2D eigenvalue weighted by molar-refractivity contribution is 5.89. The van der Waals surface area contributed by atoms with Gasteiger partial charge in [-0.15, -0.1) is 0 Å². The van der Waals surface area contributed by atoms with Gasteiger partial charge in [0.25, 0.3) is 0 Å². The van der Waals surface area contributed by atoms with Crippen LogP contribution in [-0.4, -0.2) is 39.5 Å². The van der Waals surface area contributed by atoms with Crippen LogP contribution >= 0.6 is 0 Å². The molecule has 0 saturated heterocycles. The van der Waals surface area contributed by atoms with Gasteiger partial charge in [-0.1, -0.05) is 13.5 Å². The van der Waals surface area contributed by atoms with Gasteiger partial charge in [0, 0.05) is 24.1 Å². The molecule has 0 aromatic carbocycles. The number of hydrogen-bond donors (Lipinski definition) is 3. The molecule has 0 spiro atoms. The normalized spacial score (nSPS) is 11.1. The van der Waals surface area contributed by atoms with Crippen LogP contribution in [0.5, 0.6) is 0 Å². The molecular weight excluding hydrogens is 244 g/mol. The van der Waals surface area contributed by atoms with Crippen LogP contribution in [0.1, 0.15) is 20.3 Å². The smallest absolute Gasteiger partial charge is 0.335 e. The summed E-state index contributed by atoms with van der Waals surface area (Å²) in [5, 5.41) is 24.4. The number of aliphatic carboxylic acids is 2. The highest BCUT2D eigenvalue weighted by Crippen LogP contribution is 1.98. The quantitative estimate of drug-likeness (QED) is 0.375. The number of carbonyl (C=O) groups excluding carboxylic acids is 1. The molecule has 0 aliphatic carbocycles. The van der Waals surface area contributed by atoms with Gasteiger partial charge in [0.05, 0.1) is 0 Å². The third-order valence-corrected chi connectivity index (χ3v) is 1.31. The topological polar surface area (TPSA) is 121 Å². The van der Waals surface area contributed by atoms with E-state index in [9.17, 15) is 14.4 Å². The SMILES string of the molecule is C=C(C)C(=O)OC(O)CC.O=C(O)/C=C\C(=O)O. The first-order chi connectivity index (χ1) is 8.20. The molecular formula is C11H16O7. The number of ether oxygens (including phenoxy) is 1. The van der Waals surface area contributed by atoms with E-state index in [0.717, 1.165) is 0 Å². The first-order valence-electron chi connectivity index (χ1n) is 4.89. The van der Waals surface area contributed by atoms with Crippen LogP contribution in [0.3, 0.4) is 0 Å². The Morgan fingerprint density at radius 1 is 1.22 bits per heavy atom. The van der Waals surface area contributed by atoms with Crippen LogP contribution in [0.25, 0.3) is 0 Å². The summed E-state index contributed by atoms with van der Waals surface area (Å²) < 4.78 is 4.48. The van der Waals surface area contributed by atoms with Gasteiger partial charge in [0.2, 0.25) is 6.29 Å². The number of hydrogen-bond acceptors (Lipinski definition) is 5. The molecule has 7 nitrogen and oxygen atoms in total. The second-order valence-corrected chi connectivity index (χ2v) is 3.06. The largest absolute Gasteiger partial charge is 0.478 e. The first kappa shape index (κ1) is 18.2. The molecule has 3 N–H and O–H groups in total. The average molecular weight is 260 g/mol. The molecule has 0 rings (SSSR count). The highest BCUT2D eigenvalue weighted by atomic mass is 16.6. The number of aliphatic hydroxyl groups is 1. The Morgan fingerprint density at radius 3 is 1.83 bits per heavy atom. The monoisotopic (exact) mass is 260 g/mol. The zero-order valence-electron chi connectivity index (χ0n) is 10.1. The van der Waals surface area contributed by atoms with E-state index in [1.807, 2.05) is 0 Å². The van der Waals surface area contributed by atoms with Crippen molar-refractivity contribution in [3.63, 3.8) is 0 Å². The van der Waals surface area contributed by atoms with Gasteiger partial charge in [-0.2, -0.15) is 0 Å². The average Bonchev–Trinajstić information content (AvgIpc) is 2.26. The van der Waals surface area contributed by atoms with E-state index in [4.69, 9.17) is 15.3 Å². The molecule has 0 radical (unpaired) electrons. The molecule has 0 aromatic rings. The van der Waals surface area contributed by atoms with E-state index in [-0.39, 0.29) is 0 Å². The Hall–Kier alpha value is -2.15. The summed E-state index contributed by atoms with van der Waals surface area (Å²) in [5.41, 5.74) is 0.299. The van der Waals surface area contributed by atoms with E-state index in [1.54, 1.807) is 6.92 Å². The van der Waals surface area contributed by atoms with Crippen LogP contribution < -0.4 is 0 Å². The lowest BCUT2D eigenvalue weighted by Crippen LogP contribution is -2.16. The molecule has 18 heavy (non-hydrogen) atoms. The van der Waals surface area contributed by atoms with Crippen molar-refractivity contribution in [3.8, 4) is 0 Å². The van der Waals surface area contributed by atoms with Gasteiger partial charge >= 0.3 is 17.9 Å². The van der Waals surface area contributed by atoms with Crippen LogP contribution in [0.2, 0.25) is 0 Å². The fourth-order valence-electron chi connectivity index (χ4n) is 0.450. The maximum Gasteiger partial charge on any atom is 0.335 e. The summed E-state index contributed by atoms with van der Waals surface area (Å²) in [5.74, 6) is -3.06. The second-order valence-electron chi connectivity index (χ2n) is 3.06. The number of rotatable bonds is 5. The molecule has 1 unspecified atom stereocenters. The van der Waals surface area contributed by atoms with Gasteiger partial charge in [-0.25, -0.2) is 14.4 Å². The summed E-state index contributed by atoms with van der Waals surface area (Å²) in [6.07, 6.45) is 0.521. The molecule has 7 heteroatoms. The van der Waals surface area contributed by atoms with E-state index in [2.05, 4.69) is 11.3 Å². The number of carboxylic acids is 2. The maximum absolute atomic E-state index is 10.6. The summed E-state index contributed by atoms with van der Waals surface area (Å²) in [7, 11) is 0. The van der Waals surface area contributed by atoms with E-state index < -0.39 is 24.2 Å². The molecule has 0 bridgehead atoms. The van der Waals surface area contributed by atoms with Gasteiger partial charge < -0.3 is 20.1 Å². The van der Waals surface area contributed by atoms with Gasteiger partial charge in [0.1, 0.15) is 0 Å². The van der Waals surface area contributed by atoms with Gasteiger partial charge in [-0.3, -0.25) is 0 Å². The van der Waals surface area contributed by atoms with Crippen molar-refractivity contribution < 1.29 is 34.4 Å². The molecule has 1 atom stereocenters. The summed E-state index contributed by atoms with van der Waals surface area (Å²) in [6.45, 7) is 6.61. The lowest BCUT2D eigenvalue weighted by Gasteiger charge is -2.08. The molecule has 0 aliphatic rings. The zero-order chi connectivity index (χ0) is 14.7. The highest BCUT2D eigenvalue weighted by Gasteiger charge is 2.08. The van der Waals surface area contributed by atoms with Crippen LogP contribution in [0.15, 0.2) is 24.3 Å². The molecule has 102 valence electrons. The number of carbonyl (C=O) groups is 3. The third kappa shape index (κ3) is 13.8. The van der Waals surface area contributed by atoms with Crippen molar-refractivity contribution >= 4 is 17.9 Å². The van der Waals surface area contributed by atoms with E-state index in [1.165, 1.54) is 6.92 Å². The zero-order valence-corrected chi connectivity index (χ0v) is 10.1. The predicted octanol–water partition coefficient (Wildman–Crippen LogP) is 0.546. The first-order valence-corrected chi connectivity index (χ1v) is 4.89. The molecule has 0 aliphatic heterocycles. The Labute approximate surface area is 104 Å². The number of esters is 1. The van der Waals surface area contributed by atoms with Crippen molar-refractivity contribution in [2.24, 2.45) is 0 Å². The summed E-state index contributed by atoms with van der Waals surface area (Å²) in [4.78, 5) is 29.7. The van der Waals surface area contributed by atoms with Gasteiger partial charge in [-0.05, 0) is 6.92 Å². The lowest BCUT2D eigenvalue weighted by molar-refractivity contribution is -0.163. The van der Waals surface area contributed by atoms with Crippen LogP contribution in [-0.2, 0) is 19.1 Å². The van der Waals surface area contributed by atoms with Crippen molar-refractivity contribution in [3.05, 3.63) is 24.3 Å². The van der Waals surface area contributed by atoms with Gasteiger partial charge in [0.15, 0.2) is 0 Å². The number of aliphatic hydroxyl groups excluding tert-OH is 1. The Kier molecular flexibility index (Phi) is 10.2. The molecule has 0 aromatic heterocycles. The van der Waals surface area contributed by atoms with E-state index in [0.29, 0.717) is 24.1 Å². The van der Waals surface area contributed by atoms with Crippen molar-refractivity contribution in [1.82, 2.24) is 0 Å². The molecule has 0 saturated carbocycles. The molecule has 0 fully saturated rings. The fraction of sp³-hybridized carbons (Fsp3) is 0.364. The number of carboxylic acid groups (broad SMARTS) is 2. The minimum absolute atomic E-state index is 0.299. The molecule has 0 heterocycles. The van der Waals surface area contributed by atoms with E-state index >= 15 is 0 Å². The van der Waals surface area contributed by atoms with Crippen LogP contribution in [0.4, 0.5) is 0 Å². The Morgan fingerprint density at radius 2 is 1.61 bits per heavy atom. The minimum Gasteiger partial charge on any atom is -0.478 e. The van der Waals surface area contributed by atoms with Crippen LogP contribution in [0, 0.1) is 0 Å². The fourth-order valence-corrected chi connectivity index (χ4v) is 0.450. The van der Waals surface area contributed by atoms with Crippen molar-refractivity contribution in [1.29, 1.82) is 0 Å². The second kappa shape index (κ2) is 10.0.